The van der Waals surface area contributed by atoms with Crippen LogP contribution in [0.2, 0.25) is 0 Å². The molecular formula is C15H25NO3. The van der Waals surface area contributed by atoms with Crippen molar-refractivity contribution in [3.8, 4) is 0 Å². The largest absolute Gasteiger partial charge is 0.481 e. The Kier molecular flexibility index (Phi) is 4.48. The number of carboxylic acid groups (broad SMARTS) is 1. The number of carbonyl (C=O) groups is 2. The van der Waals surface area contributed by atoms with E-state index in [-0.39, 0.29) is 17.7 Å². The summed E-state index contributed by atoms with van der Waals surface area (Å²) in [5, 5.41) is 8.99. The van der Waals surface area contributed by atoms with E-state index in [1.807, 2.05) is 0 Å². The first-order valence-corrected chi connectivity index (χ1v) is 7.54. The molecule has 1 heterocycles. The van der Waals surface area contributed by atoms with Gasteiger partial charge in [-0.2, -0.15) is 0 Å². The fourth-order valence-electron chi connectivity index (χ4n) is 3.58. The number of carbonyl (C=O) groups excluding carboxylic acids is 1. The molecule has 4 heteroatoms. The van der Waals surface area contributed by atoms with Crippen molar-refractivity contribution >= 4 is 11.9 Å². The molecule has 1 aliphatic carbocycles. The highest BCUT2D eigenvalue weighted by Crippen LogP contribution is 2.33. The van der Waals surface area contributed by atoms with Crippen molar-refractivity contribution in [1.82, 2.24) is 4.90 Å². The molecule has 2 rings (SSSR count). The Morgan fingerprint density at radius 1 is 1.05 bits per heavy atom. The number of hydrogen-bond acceptors (Lipinski definition) is 2. The van der Waals surface area contributed by atoms with Crippen molar-refractivity contribution in [2.45, 2.75) is 58.4 Å². The van der Waals surface area contributed by atoms with E-state index in [1.165, 1.54) is 0 Å². The normalized spacial score (nSPS) is 31.7. The van der Waals surface area contributed by atoms with Gasteiger partial charge in [-0.25, -0.2) is 0 Å². The summed E-state index contributed by atoms with van der Waals surface area (Å²) in [6.45, 7) is 5.25. The third-order valence-corrected chi connectivity index (χ3v) is 4.78. The third-order valence-electron chi connectivity index (χ3n) is 4.78. The van der Waals surface area contributed by atoms with Gasteiger partial charge in [0.25, 0.3) is 0 Å². The lowest BCUT2D eigenvalue weighted by Crippen LogP contribution is -2.43. The van der Waals surface area contributed by atoms with Gasteiger partial charge in [-0.05, 0) is 44.4 Å². The third kappa shape index (κ3) is 3.10. The lowest BCUT2D eigenvalue weighted by Gasteiger charge is -2.33. The molecule has 0 aromatic heterocycles. The van der Waals surface area contributed by atoms with Gasteiger partial charge < -0.3 is 10.0 Å². The second kappa shape index (κ2) is 5.93. The fourth-order valence-corrected chi connectivity index (χ4v) is 3.58. The molecule has 4 nitrogen and oxygen atoms in total. The second-order valence-electron chi connectivity index (χ2n) is 6.37. The maximum Gasteiger partial charge on any atom is 0.306 e. The molecule has 1 aliphatic heterocycles. The van der Waals surface area contributed by atoms with Crippen molar-refractivity contribution < 1.29 is 14.7 Å². The molecule has 1 N–H and O–H groups in total. The number of hydrogen-bond donors (Lipinski definition) is 1. The SMILES string of the molecule is CC(C)C1CCCN1C(=O)C1CCC(C(=O)O)CC1. The van der Waals surface area contributed by atoms with Crippen LogP contribution in [-0.2, 0) is 9.59 Å². The number of likely N-dealkylation sites (tertiary alicyclic amines) is 1. The van der Waals surface area contributed by atoms with Gasteiger partial charge in [0.05, 0.1) is 5.92 Å². The predicted octanol–water partition coefficient (Wildman–Crippen LogP) is 2.52. The van der Waals surface area contributed by atoms with Crippen LogP contribution in [0.4, 0.5) is 0 Å². The highest BCUT2D eigenvalue weighted by molar-refractivity contribution is 5.80. The molecule has 1 amide bonds. The van der Waals surface area contributed by atoms with Gasteiger partial charge in [-0.1, -0.05) is 13.8 Å². The Labute approximate surface area is 115 Å². The zero-order valence-electron chi connectivity index (χ0n) is 12.0. The molecule has 1 atom stereocenters. The average molecular weight is 267 g/mol. The van der Waals surface area contributed by atoms with Gasteiger partial charge in [-0.15, -0.1) is 0 Å². The van der Waals surface area contributed by atoms with E-state index in [1.54, 1.807) is 0 Å². The molecule has 0 spiro atoms. The molecule has 2 fully saturated rings. The molecule has 0 bridgehead atoms. The van der Waals surface area contributed by atoms with Crippen LogP contribution >= 0.6 is 0 Å². The van der Waals surface area contributed by atoms with Crippen molar-refractivity contribution in [2.24, 2.45) is 17.8 Å². The summed E-state index contributed by atoms with van der Waals surface area (Å²) in [5.41, 5.74) is 0. The maximum absolute atomic E-state index is 12.6. The first kappa shape index (κ1) is 14.4. The van der Waals surface area contributed by atoms with Crippen LogP contribution in [0.15, 0.2) is 0 Å². The lowest BCUT2D eigenvalue weighted by atomic mass is 9.81. The number of amides is 1. The summed E-state index contributed by atoms with van der Waals surface area (Å²) in [5.74, 6) is -0.0764. The van der Waals surface area contributed by atoms with Crippen LogP contribution in [0.25, 0.3) is 0 Å². The number of rotatable bonds is 3. The van der Waals surface area contributed by atoms with Gasteiger partial charge in [0, 0.05) is 18.5 Å². The van der Waals surface area contributed by atoms with Crippen LogP contribution in [0, 0.1) is 17.8 Å². The van der Waals surface area contributed by atoms with E-state index in [2.05, 4.69) is 18.7 Å². The highest BCUT2D eigenvalue weighted by atomic mass is 16.4. The minimum absolute atomic E-state index is 0.0648. The minimum Gasteiger partial charge on any atom is -0.481 e. The quantitative estimate of drug-likeness (QED) is 0.854. The Morgan fingerprint density at radius 2 is 1.63 bits per heavy atom. The van der Waals surface area contributed by atoms with Crippen LogP contribution in [0.5, 0.6) is 0 Å². The van der Waals surface area contributed by atoms with Crippen LogP contribution < -0.4 is 0 Å². The minimum atomic E-state index is -0.702. The molecule has 19 heavy (non-hydrogen) atoms. The second-order valence-corrected chi connectivity index (χ2v) is 6.37. The smallest absolute Gasteiger partial charge is 0.306 e. The monoisotopic (exact) mass is 267 g/mol. The zero-order chi connectivity index (χ0) is 14.0. The summed E-state index contributed by atoms with van der Waals surface area (Å²) >= 11 is 0. The van der Waals surface area contributed by atoms with E-state index < -0.39 is 5.97 Å². The van der Waals surface area contributed by atoms with Gasteiger partial charge in [0.15, 0.2) is 0 Å². The lowest BCUT2D eigenvalue weighted by molar-refractivity contribution is -0.146. The number of carboxylic acids is 1. The summed E-state index contributed by atoms with van der Waals surface area (Å²) in [6, 6.07) is 0.393. The van der Waals surface area contributed by atoms with Crippen LogP contribution in [-0.4, -0.2) is 34.5 Å². The molecule has 1 unspecified atom stereocenters. The van der Waals surface area contributed by atoms with Gasteiger partial charge >= 0.3 is 5.97 Å². The first-order chi connectivity index (χ1) is 9.00. The predicted molar refractivity (Wildman–Crippen MR) is 72.7 cm³/mol. The molecule has 108 valence electrons. The van der Waals surface area contributed by atoms with Gasteiger partial charge in [-0.3, -0.25) is 9.59 Å². The number of nitrogens with zero attached hydrogens (tertiary/aromatic N) is 1. The average Bonchev–Trinajstić information content (AvgIpc) is 2.87. The summed E-state index contributed by atoms with van der Waals surface area (Å²) in [7, 11) is 0. The summed E-state index contributed by atoms with van der Waals surface area (Å²) in [4.78, 5) is 25.6. The van der Waals surface area contributed by atoms with Crippen LogP contribution in [0.3, 0.4) is 0 Å². The van der Waals surface area contributed by atoms with Crippen molar-refractivity contribution in [1.29, 1.82) is 0 Å². The molecular weight excluding hydrogens is 242 g/mol. The zero-order valence-corrected chi connectivity index (χ0v) is 12.0. The Balaban J connectivity index is 1.92. The van der Waals surface area contributed by atoms with Gasteiger partial charge in [0.2, 0.25) is 5.91 Å². The molecule has 0 aromatic carbocycles. The first-order valence-electron chi connectivity index (χ1n) is 7.54. The summed E-state index contributed by atoms with van der Waals surface area (Å²) in [6.07, 6.45) is 5.04. The van der Waals surface area contributed by atoms with Crippen LogP contribution in [0.1, 0.15) is 52.4 Å². The Morgan fingerprint density at radius 3 is 2.16 bits per heavy atom. The van der Waals surface area contributed by atoms with Crippen molar-refractivity contribution in [3.63, 3.8) is 0 Å². The summed E-state index contributed by atoms with van der Waals surface area (Å²) < 4.78 is 0. The van der Waals surface area contributed by atoms with Crippen molar-refractivity contribution in [2.75, 3.05) is 6.54 Å². The molecule has 0 radical (unpaired) electrons. The van der Waals surface area contributed by atoms with E-state index in [0.717, 1.165) is 32.2 Å². The molecule has 0 aromatic rings. The maximum atomic E-state index is 12.6. The molecule has 2 aliphatic rings. The fraction of sp³-hybridized carbons (Fsp3) is 0.867. The molecule has 1 saturated carbocycles. The van der Waals surface area contributed by atoms with E-state index in [0.29, 0.717) is 24.8 Å². The topological polar surface area (TPSA) is 57.6 Å². The van der Waals surface area contributed by atoms with Crippen molar-refractivity contribution in [3.05, 3.63) is 0 Å². The van der Waals surface area contributed by atoms with E-state index in [4.69, 9.17) is 5.11 Å². The Hall–Kier alpha value is -1.06. The highest BCUT2D eigenvalue weighted by Gasteiger charge is 2.37. The van der Waals surface area contributed by atoms with Gasteiger partial charge in [0.1, 0.15) is 0 Å². The van der Waals surface area contributed by atoms with E-state index in [9.17, 15) is 9.59 Å². The Bertz CT molecular complexity index is 345. The van der Waals surface area contributed by atoms with E-state index >= 15 is 0 Å². The number of aliphatic carboxylic acids is 1. The molecule has 1 saturated heterocycles. The standard InChI is InChI=1S/C15H25NO3/c1-10(2)13-4-3-9-16(13)14(17)11-5-7-12(8-6-11)15(18)19/h10-13H,3-9H2,1-2H3,(H,18,19).